The third kappa shape index (κ3) is 2.51. The van der Waals surface area contributed by atoms with Gasteiger partial charge in [-0.05, 0) is 63.1 Å². The van der Waals surface area contributed by atoms with Gasteiger partial charge in [0.1, 0.15) is 0 Å². The summed E-state index contributed by atoms with van der Waals surface area (Å²) < 4.78 is 0. The van der Waals surface area contributed by atoms with E-state index in [0.29, 0.717) is 0 Å². The molecule has 0 spiro atoms. The Morgan fingerprint density at radius 3 is 2.89 bits per heavy atom. The molecule has 1 aliphatic heterocycles. The minimum atomic E-state index is 0.748. The molecular formula is C17H26N2. The highest BCUT2D eigenvalue weighted by molar-refractivity contribution is 5.56. The maximum Gasteiger partial charge on any atom is 0.0402 e. The zero-order valence-electron chi connectivity index (χ0n) is 12.1. The average molecular weight is 258 g/mol. The molecule has 0 aromatic heterocycles. The van der Waals surface area contributed by atoms with Crippen molar-refractivity contribution in [2.24, 2.45) is 11.7 Å². The highest BCUT2D eigenvalue weighted by atomic mass is 15.2. The lowest BCUT2D eigenvalue weighted by Gasteiger charge is -2.40. The summed E-state index contributed by atoms with van der Waals surface area (Å²) >= 11 is 0. The second kappa shape index (κ2) is 5.54. The number of benzene rings is 1. The summed E-state index contributed by atoms with van der Waals surface area (Å²) in [5.74, 6) is 0.945. The Kier molecular flexibility index (Phi) is 3.79. The molecule has 1 saturated carbocycles. The molecule has 2 atom stereocenters. The van der Waals surface area contributed by atoms with Crippen molar-refractivity contribution in [1.82, 2.24) is 0 Å². The summed E-state index contributed by atoms with van der Waals surface area (Å²) in [6.45, 7) is 4.17. The Balaban J connectivity index is 1.91. The smallest absolute Gasteiger partial charge is 0.0402 e. The van der Waals surface area contributed by atoms with E-state index in [1.807, 2.05) is 0 Å². The van der Waals surface area contributed by atoms with Gasteiger partial charge < -0.3 is 10.6 Å². The first-order valence-electron chi connectivity index (χ1n) is 7.86. The highest BCUT2D eigenvalue weighted by Gasteiger charge is 2.35. The maximum atomic E-state index is 5.80. The predicted molar refractivity (Wildman–Crippen MR) is 81.6 cm³/mol. The van der Waals surface area contributed by atoms with Gasteiger partial charge in [-0.15, -0.1) is 0 Å². The Hall–Kier alpha value is -1.02. The fourth-order valence-corrected chi connectivity index (χ4v) is 4.10. The van der Waals surface area contributed by atoms with Crippen molar-refractivity contribution >= 4 is 5.69 Å². The molecule has 0 radical (unpaired) electrons. The summed E-state index contributed by atoms with van der Waals surface area (Å²) in [5.41, 5.74) is 10.1. The molecule has 19 heavy (non-hydrogen) atoms. The number of piperidine rings is 1. The van der Waals surface area contributed by atoms with Crippen LogP contribution in [0, 0.1) is 12.8 Å². The largest absolute Gasteiger partial charge is 0.368 e. The Labute approximate surface area is 117 Å². The molecule has 3 rings (SSSR count). The van der Waals surface area contributed by atoms with Gasteiger partial charge in [-0.1, -0.05) is 24.1 Å². The van der Waals surface area contributed by atoms with Gasteiger partial charge in [0.2, 0.25) is 0 Å². The summed E-state index contributed by atoms with van der Waals surface area (Å²) in [4.78, 5) is 2.70. The first-order chi connectivity index (χ1) is 9.29. The van der Waals surface area contributed by atoms with Gasteiger partial charge >= 0.3 is 0 Å². The van der Waals surface area contributed by atoms with Crippen LogP contribution >= 0.6 is 0 Å². The normalized spacial score (nSPS) is 26.5. The molecule has 1 saturated heterocycles. The summed E-state index contributed by atoms with van der Waals surface area (Å²) in [7, 11) is 0. The molecule has 0 bridgehead atoms. The van der Waals surface area contributed by atoms with Gasteiger partial charge in [0.15, 0.2) is 0 Å². The fourth-order valence-electron chi connectivity index (χ4n) is 4.10. The van der Waals surface area contributed by atoms with Crippen molar-refractivity contribution in [2.45, 2.75) is 51.5 Å². The SMILES string of the molecule is Cc1ccc(N2CCCC3CCCC32)c(CCN)c1. The minimum absolute atomic E-state index is 0.748. The summed E-state index contributed by atoms with van der Waals surface area (Å²) in [6, 6.07) is 7.73. The van der Waals surface area contributed by atoms with Gasteiger partial charge in [-0.2, -0.15) is 0 Å². The lowest BCUT2D eigenvalue weighted by molar-refractivity contribution is 0.362. The minimum Gasteiger partial charge on any atom is -0.368 e. The van der Waals surface area contributed by atoms with Crippen LogP contribution in [0.1, 0.15) is 43.2 Å². The number of rotatable bonds is 3. The van der Waals surface area contributed by atoms with E-state index in [9.17, 15) is 0 Å². The van der Waals surface area contributed by atoms with E-state index in [2.05, 4.69) is 30.0 Å². The van der Waals surface area contributed by atoms with Crippen LogP contribution in [0.15, 0.2) is 18.2 Å². The van der Waals surface area contributed by atoms with E-state index in [0.717, 1.165) is 24.9 Å². The summed E-state index contributed by atoms with van der Waals surface area (Å²) in [5, 5.41) is 0. The number of nitrogens with zero attached hydrogens (tertiary/aromatic N) is 1. The van der Waals surface area contributed by atoms with Crippen LogP contribution in [-0.4, -0.2) is 19.1 Å². The average Bonchev–Trinajstić information content (AvgIpc) is 2.88. The molecule has 1 aromatic carbocycles. The molecule has 2 heteroatoms. The number of nitrogens with two attached hydrogens (primary N) is 1. The first kappa shape index (κ1) is 13.0. The van der Waals surface area contributed by atoms with Crippen molar-refractivity contribution in [1.29, 1.82) is 0 Å². The predicted octanol–water partition coefficient (Wildman–Crippen LogP) is 3.27. The van der Waals surface area contributed by atoms with Crippen molar-refractivity contribution in [3.8, 4) is 0 Å². The molecule has 104 valence electrons. The van der Waals surface area contributed by atoms with Crippen molar-refractivity contribution in [3.05, 3.63) is 29.3 Å². The van der Waals surface area contributed by atoms with E-state index >= 15 is 0 Å². The second-order valence-electron chi connectivity index (χ2n) is 6.26. The van der Waals surface area contributed by atoms with Gasteiger partial charge in [0, 0.05) is 18.3 Å². The lowest BCUT2D eigenvalue weighted by Crippen LogP contribution is -2.43. The lowest BCUT2D eigenvalue weighted by atomic mass is 9.90. The van der Waals surface area contributed by atoms with Crippen LogP contribution in [0.4, 0.5) is 5.69 Å². The van der Waals surface area contributed by atoms with Crippen LogP contribution in [-0.2, 0) is 6.42 Å². The third-order valence-corrected chi connectivity index (χ3v) is 4.95. The van der Waals surface area contributed by atoms with Gasteiger partial charge in [0.05, 0.1) is 0 Å². The maximum absolute atomic E-state index is 5.80. The number of aryl methyl sites for hydroxylation is 1. The fraction of sp³-hybridized carbons (Fsp3) is 0.647. The quantitative estimate of drug-likeness (QED) is 0.901. The topological polar surface area (TPSA) is 29.3 Å². The van der Waals surface area contributed by atoms with Gasteiger partial charge in [0.25, 0.3) is 0 Å². The summed E-state index contributed by atoms with van der Waals surface area (Å²) in [6.07, 6.45) is 8.06. The third-order valence-electron chi connectivity index (χ3n) is 4.95. The Morgan fingerprint density at radius 1 is 1.21 bits per heavy atom. The van der Waals surface area contributed by atoms with E-state index < -0.39 is 0 Å². The molecule has 0 amide bonds. The molecule has 1 heterocycles. The van der Waals surface area contributed by atoms with Crippen LogP contribution in [0.2, 0.25) is 0 Å². The van der Waals surface area contributed by atoms with Crippen molar-refractivity contribution in [3.63, 3.8) is 0 Å². The second-order valence-corrected chi connectivity index (χ2v) is 6.26. The number of anilines is 1. The van der Waals surface area contributed by atoms with Crippen LogP contribution < -0.4 is 10.6 Å². The number of hydrogen-bond acceptors (Lipinski definition) is 2. The van der Waals surface area contributed by atoms with E-state index in [1.54, 1.807) is 0 Å². The molecular weight excluding hydrogens is 232 g/mol. The van der Waals surface area contributed by atoms with E-state index in [-0.39, 0.29) is 0 Å². The zero-order chi connectivity index (χ0) is 13.2. The molecule has 2 N–H and O–H groups in total. The first-order valence-corrected chi connectivity index (χ1v) is 7.86. The molecule has 2 unspecified atom stereocenters. The van der Waals surface area contributed by atoms with Crippen LogP contribution in [0.3, 0.4) is 0 Å². The molecule has 2 aliphatic rings. The van der Waals surface area contributed by atoms with Gasteiger partial charge in [-0.25, -0.2) is 0 Å². The van der Waals surface area contributed by atoms with Crippen molar-refractivity contribution in [2.75, 3.05) is 18.0 Å². The Morgan fingerprint density at radius 2 is 2.05 bits per heavy atom. The monoisotopic (exact) mass is 258 g/mol. The zero-order valence-corrected chi connectivity index (χ0v) is 12.1. The van der Waals surface area contributed by atoms with E-state index in [4.69, 9.17) is 5.73 Å². The molecule has 1 aliphatic carbocycles. The number of fused-ring (bicyclic) bond motifs is 1. The van der Waals surface area contributed by atoms with E-state index in [1.165, 1.54) is 55.5 Å². The molecule has 2 nitrogen and oxygen atoms in total. The number of hydrogen-bond donors (Lipinski definition) is 1. The van der Waals surface area contributed by atoms with Crippen LogP contribution in [0.5, 0.6) is 0 Å². The van der Waals surface area contributed by atoms with Crippen molar-refractivity contribution < 1.29 is 0 Å². The molecule has 2 fully saturated rings. The molecule has 1 aromatic rings. The standard InChI is InChI=1S/C17H26N2/c1-13-7-8-17(15(12-13)9-10-18)19-11-3-5-14-4-2-6-16(14)19/h7-8,12,14,16H,2-6,9-11,18H2,1H3. The Bertz CT molecular complexity index is 441. The van der Waals surface area contributed by atoms with Crippen LogP contribution in [0.25, 0.3) is 0 Å². The van der Waals surface area contributed by atoms with Gasteiger partial charge in [-0.3, -0.25) is 0 Å². The highest BCUT2D eigenvalue weighted by Crippen LogP contribution is 2.40.